The highest BCUT2D eigenvalue weighted by Gasteiger charge is 2.47. The number of benzene rings is 3. The lowest BCUT2D eigenvalue weighted by atomic mass is 9.99. The summed E-state index contributed by atoms with van der Waals surface area (Å²) in [6.45, 7) is 6.58. The van der Waals surface area contributed by atoms with Gasteiger partial charge in [0, 0.05) is 106 Å². The monoisotopic (exact) mass is 1890 g/mol. The van der Waals surface area contributed by atoms with E-state index in [1.165, 1.54) is 58.5 Å². The molecule has 0 saturated carbocycles. The van der Waals surface area contributed by atoms with Gasteiger partial charge < -0.3 is 125 Å². The smallest absolute Gasteiger partial charge is 0.305 e. The molecule has 44 nitrogen and oxygen atoms in total. The zero-order chi connectivity index (χ0) is 98.6. The molecule has 15 atom stereocenters. The third-order valence-electron chi connectivity index (χ3n) is 23.6. The Kier molecular flexibility index (Phi) is 39.1. The van der Waals surface area contributed by atoms with E-state index in [0.717, 1.165) is 24.5 Å². The molecule has 134 heavy (non-hydrogen) atoms. The normalized spacial score (nSPS) is 24.8. The Bertz CT molecular complexity index is 5140. The number of hydrogen-bond donors (Lipinski definition) is 19. The van der Waals surface area contributed by atoms with Gasteiger partial charge in [-0.15, -0.1) is 11.8 Å². The molecule has 0 radical (unpaired) electrons. The first-order chi connectivity index (χ1) is 63.5. The second-order valence-corrected chi connectivity index (χ2v) is 35.3. The van der Waals surface area contributed by atoms with Gasteiger partial charge in [-0.1, -0.05) is 102 Å². The van der Waals surface area contributed by atoms with Crippen molar-refractivity contribution in [2.45, 2.75) is 241 Å². The molecule has 3 aliphatic heterocycles. The number of rotatable bonds is 26. The molecular weight excluding hydrogens is 1770 g/mol. The quantitative estimate of drug-likeness (QED) is 0.0263. The van der Waals surface area contributed by atoms with Crippen molar-refractivity contribution in [1.29, 1.82) is 0 Å². The van der Waals surface area contributed by atoms with Gasteiger partial charge >= 0.3 is 11.9 Å². The minimum Gasteiger partial charge on any atom is -0.508 e. The highest BCUT2D eigenvalue weighted by Crippen LogP contribution is 2.28. The van der Waals surface area contributed by atoms with Crippen LogP contribution < -0.4 is 70.4 Å². The Balaban J connectivity index is 1.21. The highest BCUT2D eigenvalue weighted by atomic mass is 32.2. The van der Waals surface area contributed by atoms with Gasteiger partial charge in [0.15, 0.2) is 0 Å². The van der Waals surface area contributed by atoms with E-state index in [-0.39, 0.29) is 70.1 Å². The number of carbonyl (C=O) groups excluding carboxylic acids is 18. The molecule has 3 aliphatic rings. The van der Waals surface area contributed by atoms with Gasteiger partial charge in [0.05, 0.1) is 37.7 Å². The number of aromatic nitrogens is 2. The van der Waals surface area contributed by atoms with Crippen LogP contribution in [0.15, 0.2) is 85.2 Å². The average molecular weight is 1890 g/mol. The molecule has 3 saturated heterocycles. The third-order valence-corrected chi connectivity index (χ3v) is 24.6. The molecule has 45 heteroatoms. The number of carboxylic acid groups (broad SMARTS) is 2. The summed E-state index contributed by atoms with van der Waals surface area (Å²) in [5.74, 6) is -24.0. The SMILES string of the molecule is CCCC[C@H]1C(=O)N(C)[C@@H](CCCC)C(=O)N[C@@H](CCC(=O)O)C(=O)N[C@H](C(=O)NCC(N)=O)CSCC(=O)N[C@@H](Cc2ccc(O)cc2)C(=O)N(C)[C@@H](C)C(=O)N[C@H](CC(N)=O)C(=O)N2CCC[C@H]2C(=O)N[C@@H](CC(N)=O)C(=O)N[C@@H](CC(C)C)C(=O)N2C[C@H](O)C[C@H]2C(=O)N[C@@H](Cc2c[nH]c3ccccc23)C(=O)N[C@@H](CC(=O)O)C(=O)N[C@@H](Cc2c[nH]c3ccccc23)C(=O)N1C. The molecule has 2 aromatic heterocycles. The van der Waals surface area contributed by atoms with E-state index in [4.69, 9.17) is 17.2 Å². The predicted molar refractivity (Wildman–Crippen MR) is 484 cm³/mol. The maximum absolute atomic E-state index is 15.7. The van der Waals surface area contributed by atoms with Gasteiger partial charge in [0.25, 0.3) is 0 Å². The predicted octanol–water partition coefficient (Wildman–Crippen LogP) is -2.94. The lowest BCUT2D eigenvalue weighted by Crippen LogP contribution is -2.61. The summed E-state index contributed by atoms with van der Waals surface area (Å²) in [6, 6.07) is -4.73. The van der Waals surface area contributed by atoms with Crippen molar-refractivity contribution in [2.24, 2.45) is 23.1 Å². The lowest BCUT2D eigenvalue weighted by molar-refractivity contribution is -0.149. The lowest BCUT2D eigenvalue weighted by Gasteiger charge is -2.36. The van der Waals surface area contributed by atoms with Crippen molar-refractivity contribution < 1.29 is 116 Å². The van der Waals surface area contributed by atoms with Gasteiger partial charge in [-0.25, -0.2) is 0 Å². The number of carbonyl (C=O) groups is 20. The summed E-state index contributed by atoms with van der Waals surface area (Å²) >= 11 is 0.683. The highest BCUT2D eigenvalue weighted by molar-refractivity contribution is 8.00. The number of hydrogen-bond acceptors (Lipinski definition) is 23. The molecule has 18 amide bonds. The summed E-state index contributed by atoms with van der Waals surface area (Å²) < 4.78 is 0. The number of carboxylic acids is 2. The van der Waals surface area contributed by atoms with Gasteiger partial charge in [0.1, 0.15) is 90.3 Å². The number of unbranched alkanes of at least 4 members (excludes halogenated alkanes) is 2. The number of aliphatic hydroxyl groups excluding tert-OH is 1. The molecule has 22 N–H and O–H groups in total. The number of aliphatic hydroxyl groups is 1. The van der Waals surface area contributed by atoms with Gasteiger partial charge in [-0.05, 0) is 92.3 Å². The van der Waals surface area contributed by atoms with Crippen molar-refractivity contribution in [2.75, 3.05) is 52.3 Å². The second-order valence-electron chi connectivity index (χ2n) is 34.2. The van der Waals surface area contributed by atoms with Crippen molar-refractivity contribution in [1.82, 2.24) is 87.6 Å². The molecule has 0 bridgehead atoms. The second kappa shape index (κ2) is 49.7. The standard InChI is InChI=1S/C89H122N20O24S/c1-9-11-22-66-82(126)97-57(29-30-74(116)117)78(122)104-65(77(121)95-42-72(92)114)44-134-45-73(115)96-62(33-48-25-27-51(110)28-26-48)85(129)105(6)47(5)76(120)101-64(38-71(91)113)87(131)108-31-17-24-67(108)83(127)100-59(37-70(90)112)80(124)102-61(32-46(3)4)88(132)109-43-52(111)36-69(109)84(128)99-58(34-49-40-93-55-20-15-13-18-53(49)55)79(123)98-60(39-75(118)119)81(125)103-63(35-50-41-94-56-21-16-14-19-54(50)56)86(130)107(8)68(23-12-10-2)89(133)106(66)7/h13-16,18-21,25-28,40-41,46-47,52,57-69,93-94,110-111H,9-12,17,22-24,29-39,42-45H2,1-8H3,(H2,90,112)(H2,91,113)(H2,92,114)(H,95,121)(H,96,115)(H,97,126)(H,98,123)(H,99,128)(H,100,127)(H,101,120)(H,102,124)(H,103,125)(H,104,122)(H,116,117)(H,118,119)/t47-,52+,57-,58-,59-,60-,61-,62-,63-,64+,65-,66-,67-,68-,69-/m0/s1. The number of primary amides is 3. The Morgan fingerprint density at radius 2 is 0.993 bits per heavy atom. The van der Waals surface area contributed by atoms with Crippen LogP contribution in [0.25, 0.3) is 21.8 Å². The average Bonchev–Trinajstić information content (AvgIpc) is 1.62. The minimum absolute atomic E-state index is 0.0936. The fourth-order valence-corrected chi connectivity index (χ4v) is 17.2. The summed E-state index contributed by atoms with van der Waals surface area (Å²) in [5, 5.41) is 68.4. The van der Waals surface area contributed by atoms with Crippen molar-refractivity contribution in [3.63, 3.8) is 0 Å². The van der Waals surface area contributed by atoms with Gasteiger partial charge in [0.2, 0.25) is 106 Å². The van der Waals surface area contributed by atoms with Crippen molar-refractivity contribution in [3.05, 3.63) is 102 Å². The maximum Gasteiger partial charge on any atom is 0.305 e. The van der Waals surface area contributed by atoms with Crippen LogP contribution in [0, 0.1) is 5.92 Å². The molecule has 0 spiro atoms. The molecule has 0 unspecified atom stereocenters. The first-order valence-electron chi connectivity index (χ1n) is 44.3. The molecule has 5 heterocycles. The van der Waals surface area contributed by atoms with Crippen LogP contribution in [0.4, 0.5) is 0 Å². The number of fused-ring (bicyclic) bond motifs is 4. The Labute approximate surface area is 776 Å². The number of amides is 18. The number of phenols is 1. The first-order valence-corrected chi connectivity index (χ1v) is 45.5. The Morgan fingerprint density at radius 1 is 0.500 bits per heavy atom. The molecule has 8 rings (SSSR count). The fraction of sp³-hybridized carbons (Fsp3) is 0.528. The molecular formula is C89H122N20O24S. The van der Waals surface area contributed by atoms with Crippen LogP contribution in [0.2, 0.25) is 0 Å². The van der Waals surface area contributed by atoms with Gasteiger partial charge in [-0.2, -0.15) is 0 Å². The summed E-state index contributed by atoms with van der Waals surface area (Å²) in [4.78, 5) is 298. The van der Waals surface area contributed by atoms with Crippen molar-refractivity contribution >= 4 is 152 Å². The third kappa shape index (κ3) is 29.6. The summed E-state index contributed by atoms with van der Waals surface area (Å²) in [5.41, 5.74) is 19.0. The number of aromatic hydroxyl groups is 1. The van der Waals surface area contributed by atoms with Crippen LogP contribution in [-0.2, 0) is 115 Å². The Morgan fingerprint density at radius 3 is 1.57 bits per heavy atom. The van der Waals surface area contributed by atoms with E-state index in [0.29, 0.717) is 63.1 Å². The number of aliphatic carboxylic acids is 2. The molecule has 3 aromatic carbocycles. The number of nitrogens with zero attached hydrogens (tertiary/aromatic N) is 5. The number of aromatic amines is 2. The number of phenolic OH excluding ortho intramolecular Hbond substituents is 1. The van der Waals surface area contributed by atoms with Crippen LogP contribution >= 0.6 is 11.8 Å². The zero-order valence-corrected chi connectivity index (χ0v) is 76.7. The molecule has 728 valence electrons. The number of thioether (sulfide) groups is 1. The number of H-pyrrole nitrogens is 2. The van der Waals surface area contributed by atoms with Crippen LogP contribution in [0.3, 0.4) is 0 Å². The number of nitrogens with one attached hydrogen (secondary N) is 12. The molecule has 5 aromatic rings. The summed E-state index contributed by atoms with van der Waals surface area (Å²) in [7, 11) is 3.69. The van der Waals surface area contributed by atoms with Crippen LogP contribution in [-0.4, -0.2) is 316 Å². The van der Waals surface area contributed by atoms with E-state index in [9.17, 15) is 82.8 Å². The van der Waals surface area contributed by atoms with E-state index < -0.39 is 284 Å². The number of likely N-dealkylation sites (N-methyl/N-ethyl adjacent to an activating group) is 3. The summed E-state index contributed by atoms with van der Waals surface area (Å²) in [6.07, 6.45) is -3.42. The van der Waals surface area contributed by atoms with E-state index in [1.54, 1.807) is 82.4 Å². The van der Waals surface area contributed by atoms with Crippen LogP contribution in [0.1, 0.15) is 148 Å². The van der Waals surface area contributed by atoms with E-state index in [2.05, 4.69) is 63.1 Å². The number of para-hydroxylation sites is 2. The van der Waals surface area contributed by atoms with Crippen LogP contribution in [0.5, 0.6) is 5.75 Å². The minimum atomic E-state index is -2.09. The zero-order valence-electron chi connectivity index (χ0n) is 75.9. The van der Waals surface area contributed by atoms with E-state index >= 15 is 33.6 Å². The molecule has 3 fully saturated rings. The Hall–Kier alpha value is -13.8. The first kappa shape index (κ1) is 106. The maximum atomic E-state index is 15.7. The number of nitrogens with two attached hydrogens (primary N) is 3. The molecule has 0 aliphatic carbocycles. The van der Waals surface area contributed by atoms with Crippen molar-refractivity contribution in [3.8, 4) is 5.75 Å². The largest absolute Gasteiger partial charge is 0.508 e. The fourth-order valence-electron chi connectivity index (χ4n) is 16.3. The topological polar surface area (TPSA) is 668 Å². The van der Waals surface area contributed by atoms with E-state index in [1.807, 2.05) is 0 Å². The van der Waals surface area contributed by atoms with Gasteiger partial charge in [-0.3, -0.25) is 95.9 Å².